The average molecular weight is 207 g/mol. The molecular weight excluding hydrogens is 190 g/mol. The van der Waals surface area contributed by atoms with Crippen LogP contribution in [-0.4, -0.2) is 22.1 Å². The molecule has 4 nitrogen and oxygen atoms in total. The molecule has 82 valence electrons. The smallest absolute Gasteiger partial charge is 0.316 e. The van der Waals surface area contributed by atoms with E-state index in [1.807, 2.05) is 0 Å². The van der Waals surface area contributed by atoms with E-state index in [4.69, 9.17) is 10.5 Å². The van der Waals surface area contributed by atoms with Crippen molar-refractivity contribution in [1.82, 2.24) is 9.97 Å². The van der Waals surface area contributed by atoms with Crippen molar-refractivity contribution in [2.45, 2.75) is 37.6 Å². The number of nitrogens with two attached hydrogens (primary N) is 1. The van der Waals surface area contributed by atoms with Crippen molar-refractivity contribution in [3.05, 3.63) is 18.5 Å². The van der Waals surface area contributed by atoms with E-state index < -0.39 is 0 Å². The lowest BCUT2D eigenvalue weighted by Gasteiger charge is -2.32. The molecular formula is C11H17N3O. The van der Waals surface area contributed by atoms with Gasteiger partial charge in [0.1, 0.15) is 6.61 Å². The summed E-state index contributed by atoms with van der Waals surface area (Å²) < 4.78 is 5.50. The fraction of sp³-hybridized carbons (Fsp3) is 0.636. The molecule has 0 aliphatic heterocycles. The van der Waals surface area contributed by atoms with Crippen LogP contribution in [0.3, 0.4) is 0 Å². The molecule has 0 atom stereocenters. The summed E-state index contributed by atoms with van der Waals surface area (Å²) in [6, 6.07) is 2.19. The molecule has 1 fully saturated rings. The van der Waals surface area contributed by atoms with E-state index in [9.17, 15) is 0 Å². The highest BCUT2D eigenvalue weighted by atomic mass is 16.5. The van der Waals surface area contributed by atoms with Gasteiger partial charge in [-0.25, -0.2) is 9.97 Å². The highest BCUT2D eigenvalue weighted by molar-refractivity contribution is 4.96. The first kappa shape index (κ1) is 10.4. The maximum absolute atomic E-state index is 6.23. The van der Waals surface area contributed by atoms with Gasteiger partial charge < -0.3 is 10.5 Å². The van der Waals surface area contributed by atoms with Crippen molar-refractivity contribution >= 4 is 0 Å². The summed E-state index contributed by atoms with van der Waals surface area (Å²) in [4.78, 5) is 8.01. The van der Waals surface area contributed by atoms with Gasteiger partial charge in [0, 0.05) is 12.4 Å². The van der Waals surface area contributed by atoms with Crippen LogP contribution in [0.15, 0.2) is 18.5 Å². The molecule has 1 aliphatic rings. The molecule has 1 aliphatic carbocycles. The van der Waals surface area contributed by atoms with E-state index in [-0.39, 0.29) is 5.54 Å². The third kappa shape index (κ3) is 2.89. The lowest BCUT2D eigenvalue weighted by atomic mass is 9.83. The largest absolute Gasteiger partial charge is 0.462 e. The third-order valence-corrected chi connectivity index (χ3v) is 2.88. The molecule has 0 bridgehead atoms. The van der Waals surface area contributed by atoms with E-state index in [1.54, 1.807) is 18.5 Å². The van der Waals surface area contributed by atoms with Gasteiger partial charge in [0.25, 0.3) is 0 Å². The zero-order valence-corrected chi connectivity index (χ0v) is 8.85. The minimum atomic E-state index is -0.169. The summed E-state index contributed by atoms with van der Waals surface area (Å²) in [6.45, 7) is 0.525. The van der Waals surface area contributed by atoms with E-state index in [0.717, 1.165) is 12.8 Å². The van der Waals surface area contributed by atoms with E-state index in [1.165, 1.54) is 19.3 Å². The van der Waals surface area contributed by atoms with Crippen LogP contribution >= 0.6 is 0 Å². The lowest BCUT2D eigenvalue weighted by molar-refractivity contribution is 0.164. The second-order valence-electron chi connectivity index (χ2n) is 4.24. The number of nitrogens with zero attached hydrogens (tertiary/aromatic N) is 2. The summed E-state index contributed by atoms with van der Waals surface area (Å²) in [5.74, 6) is 0. The quantitative estimate of drug-likeness (QED) is 0.816. The van der Waals surface area contributed by atoms with Gasteiger partial charge in [-0.15, -0.1) is 0 Å². The van der Waals surface area contributed by atoms with Gasteiger partial charge in [-0.3, -0.25) is 0 Å². The monoisotopic (exact) mass is 207 g/mol. The van der Waals surface area contributed by atoms with Gasteiger partial charge in [-0.2, -0.15) is 0 Å². The Kier molecular flexibility index (Phi) is 3.16. The van der Waals surface area contributed by atoms with E-state index in [0.29, 0.717) is 12.6 Å². The van der Waals surface area contributed by atoms with Crippen molar-refractivity contribution in [2.75, 3.05) is 6.61 Å². The Morgan fingerprint density at radius 3 is 2.53 bits per heavy atom. The zero-order valence-electron chi connectivity index (χ0n) is 8.85. The maximum Gasteiger partial charge on any atom is 0.316 e. The summed E-state index contributed by atoms with van der Waals surface area (Å²) in [6.07, 6.45) is 9.13. The van der Waals surface area contributed by atoms with Gasteiger partial charge in [0.15, 0.2) is 0 Å². The second kappa shape index (κ2) is 4.57. The van der Waals surface area contributed by atoms with Gasteiger partial charge in [0.05, 0.1) is 5.54 Å². The molecule has 2 rings (SSSR count). The molecule has 2 N–H and O–H groups in total. The molecule has 0 saturated heterocycles. The molecule has 0 radical (unpaired) electrons. The van der Waals surface area contributed by atoms with Crippen LogP contribution in [0.25, 0.3) is 0 Å². The van der Waals surface area contributed by atoms with Crippen LogP contribution in [0, 0.1) is 0 Å². The fourth-order valence-electron chi connectivity index (χ4n) is 1.97. The normalized spacial score (nSPS) is 19.8. The average Bonchev–Trinajstić information content (AvgIpc) is 2.29. The SMILES string of the molecule is NC1(COc2ncccn2)CCCCC1. The van der Waals surface area contributed by atoms with Crippen LogP contribution in [0.2, 0.25) is 0 Å². The summed E-state index contributed by atoms with van der Waals surface area (Å²) in [7, 11) is 0. The highest BCUT2D eigenvalue weighted by Crippen LogP contribution is 2.26. The topological polar surface area (TPSA) is 61.0 Å². The van der Waals surface area contributed by atoms with Crippen LogP contribution in [0.5, 0.6) is 6.01 Å². The minimum absolute atomic E-state index is 0.169. The van der Waals surface area contributed by atoms with Crippen molar-refractivity contribution in [3.8, 4) is 6.01 Å². The molecule has 0 aromatic carbocycles. The summed E-state index contributed by atoms with van der Waals surface area (Å²) >= 11 is 0. The highest BCUT2D eigenvalue weighted by Gasteiger charge is 2.28. The standard InChI is InChI=1S/C11H17N3O/c12-11(5-2-1-3-6-11)9-15-10-13-7-4-8-14-10/h4,7-8H,1-3,5-6,9,12H2. The molecule has 1 aromatic heterocycles. The Hall–Kier alpha value is -1.16. The number of hydrogen-bond acceptors (Lipinski definition) is 4. The van der Waals surface area contributed by atoms with Crippen molar-refractivity contribution < 1.29 is 4.74 Å². The van der Waals surface area contributed by atoms with E-state index in [2.05, 4.69) is 9.97 Å². The van der Waals surface area contributed by atoms with Crippen molar-refractivity contribution in [1.29, 1.82) is 0 Å². The first-order chi connectivity index (χ1) is 7.29. The van der Waals surface area contributed by atoms with Gasteiger partial charge >= 0.3 is 6.01 Å². The summed E-state index contributed by atoms with van der Waals surface area (Å²) in [5, 5.41) is 0. The molecule has 0 unspecified atom stereocenters. The molecule has 4 heteroatoms. The minimum Gasteiger partial charge on any atom is -0.462 e. The zero-order chi connectivity index (χ0) is 10.6. The van der Waals surface area contributed by atoms with Crippen LogP contribution < -0.4 is 10.5 Å². The fourth-order valence-corrected chi connectivity index (χ4v) is 1.97. The number of aromatic nitrogens is 2. The van der Waals surface area contributed by atoms with Gasteiger partial charge in [0.2, 0.25) is 0 Å². The number of hydrogen-bond donors (Lipinski definition) is 1. The van der Waals surface area contributed by atoms with Crippen molar-refractivity contribution in [2.24, 2.45) is 5.73 Å². The second-order valence-corrected chi connectivity index (χ2v) is 4.24. The van der Waals surface area contributed by atoms with Crippen LogP contribution in [0.4, 0.5) is 0 Å². The Morgan fingerprint density at radius 1 is 1.20 bits per heavy atom. The molecule has 1 heterocycles. The Balaban J connectivity index is 1.87. The number of ether oxygens (including phenoxy) is 1. The summed E-state index contributed by atoms with van der Waals surface area (Å²) in [5.41, 5.74) is 6.06. The molecule has 1 saturated carbocycles. The molecule has 1 aromatic rings. The first-order valence-electron chi connectivity index (χ1n) is 5.47. The van der Waals surface area contributed by atoms with Crippen molar-refractivity contribution in [3.63, 3.8) is 0 Å². The lowest BCUT2D eigenvalue weighted by Crippen LogP contribution is -2.47. The third-order valence-electron chi connectivity index (χ3n) is 2.88. The van der Waals surface area contributed by atoms with Gasteiger partial charge in [-0.05, 0) is 18.9 Å². The molecule has 0 amide bonds. The van der Waals surface area contributed by atoms with Gasteiger partial charge in [-0.1, -0.05) is 19.3 Å². The Bertz CT molecular complexity index is 296. The van der Waals surface area contributed by atoms with E-state index >= 15 is 0 Å². The van der Waals surface area contributed by atoms with Crippen LogP contribution in [0.1, 0.15) is 32.1 Å². The number of rotatable bonds is 3. The predicted octanol–water partition coefficient (Wildman–Crippen LogP) is 1.52. The maximum atomic E-state index is 6.23. The Labute approximate surface area is 89.9 Å². The van der Waals surface area contributed by atoms with Crippen LogP contribution in [-0.2, 0) is 0 Å². The predicted molar refractivity (Wildman–Crippen MR) is 57.5 cm³/mol. The molecule has 0 spiro atoms. The first-order valence-corrected chi connectivity index (χ1v) is 5.47. The molecule has 15 heavy (non-hydrogen) atoms. The Morgan fingerprint density at radius 2 is 1.87 bits per heavy atom.